The summed E-state index contributed by atoms with van der Waals surface area (Å²) in [6, 6.07) is -0.379. The summed E-state index contributed by atoms with van der Waals surface area (Å²) in [7, 11) is -1.35. The van der Waals surface area contributed by atoms with E-state index in [9.17, 15) is 18.0 Å². The molecular weight excluding hydrogens is 296 g/mol. The van der Waals surface area contributed by atoms with E-state index in [1.165, 1.54) is 4.90 Å². The quantitative estimate of drug-likeness (QED) is 0.810. The maximum absolute atomic E-state index is 12.4. The highest BCUT2D eigenvalue weighted by Gasteiger charge is 2.36. The Hall–Kier alpha value is -1.31. The third kappa shape index (κ3) is 4.09. The van der Waals surface area contributed by atoms with Gasteiger partial charge in [-0.15, -0.1) is 0 Å². The maximum Gasteiger partial charge on any atom is 0.320 e. The van der Waals surface area contributed by atoms with Gasteiger partial charge in [0.2, 0.25) is 0 Å². The molecule has 0 aliphatic carbocycles. The molecule has 2 amide bonds. The number of likely N-dealkylation sites (tertiary alicyclic amines) is 1. The lowest BCUT2D eigenvalue weighted by Crippen LogP contribution is -2.45. The fraction of sp³-hybridized carbons (Fsp3) is 0.846. The summed E-state index contributed by atoms with van der Waals surface area (Å²) in [6.07, 6.45) is 2.03. The van der Waals surface area contributed by atoms with E-state index in [0.29, 0.717) is 25.9 Å². The summed E-state index contributed by atoms with van der Waals surface area (Å²) in [6.45, 7) is 1.18. The zero-order chi connectivity index (χ0) is 15.6. The lowest BCUT2D eigenvalue weighted by atomic mass is 10.0. The Morgan fingerprint density at radius 2 is 2.05 bits per heavy atom. The predicted octanol–water partition coefficient (Wildman–Crippen LogP) is 0.412. The molecule has 0 spiro atoms. The van der Waals surface area contributed by atoms with Crippen molar-refractivity contribution in [3.05, 3.63) is 0 Å². The van der Waals surface area contributed by atoms with E-state index >= 15 is 0 Å². The molecule has 2 heterocycles. The molecule has 2 aliphatic heterocycles. The first-order valence-corrected chi connectivity index (χ1v) is 9.04. The van der Waals surface area contributed by atoms with Crippen LogP contribution in [0.25, 0.3) is 0 Å². The highest BCUT2D eigenvalue weighted by atomic mass is 32.2. The van der Waals surface area contributed by atoms with Gasteiger partial charge in [0.15, 0.2) is 9.84 Å². The third-order valence-corrected chi connectivity index (χ3v) is 6.13. The van der Waals surface area contributed by atoms with Crippen molar-refractivity contribution in [1.29, 1.82) is 0 Å². The first kappa shape index (κ1) is 16.1. The summed E-state index contributed by atoms with van der Waals surface area (Å²) in [5.41, 5.74) is 0. The molecule has 0 aromatic carbocycles. The largest absolute Gasteiger partial charge is 0.481 e. The average Bonchev–Trinajstić information content (AvgIpc) is 3.01. The molecule has 0 radical (unpaired) electrons. The summed E-state index contributed by atoms with van der Waals surface area (Å²) >= 11 is 0. The first-order chi connectivity index (χ1) is 9.78. The Labute approximate surface area is 124 Å². The minimum atomic E-state index is -3.00. The zero-order valence-corrected chi connectivity index (χ0v) is 13.0. The van der Waals surface area contributed by atoms with Gasteiger partial charge in [-0.25, -0.2) is 13.2 Å². The molecule has 2 saturated heterocycles. The second-order valence-electron chi connectivity index (χ2n) is 5.98. The minimum absolute atomic E-state index is 0.0471. The van der Waals surface area contributed by atoms with Gasteiger partial charge in [0.25, 0.3) is 0 Å². The highest BCUT2D eigenvalue weighted by Crippen LogP contribution is 2.24. The second kappa shape index (κ2) is 6.21. The van der Waals surface area contributed by atoms with E-state index in [1.807, 2.05) is 0 Å². The second-order valence-corrected chi connectivity index (χ2v) is 8.21. The molecule has 2 atom stereocenters. The van der Waals surface area contributed by atoms with Crippen LogP contribution in [-0.2, 0) is 14.6 Å². The molecule has 2 aliphatic rings. The van der Waals surface area contributed by atoms with Gasteiger partial charge in [-0.1, -0.05) is 0 Å². The van der Waals surface area contributed by atoms with E-state index in [4.69, 9.17) is 5.11 Å². The van der Waals surface area contributed by atoms with Gasteiger partial charge in [0, 0.05) is 32.6 Å². The lowest BCUT2D eigenvalue weighted by Gasteiger charge is -2.28. The Kier molecular flexibility index (Phi) is 4.75. The Morgan fingerprint density at radius 3 is 2.62 bits per heavy atom. The summed E-state index contributed by atoms with van der Waals surface area (Å²) in [5.74, 6) is -0.388. The molecule has 7 nitrogen and oxygen atoms in total. The monoisotopic (exact) mass is 318 g/mol. The topological polar surface area (TPSA) is 95.0 Å². The summed E-state index contributed by atoms with van der Waals surface area (Å²) in [4.78, 5) is 26.2. The number of hydrogen-bond donors (Lipinski definition) is 1. The van der Waals surface area contributed by atoms with Crippen LogP contribution >= 0.6 is 0 Å². The Morgan fingerprint density at radius 1 is 1.33 bits per heavy atom. The van der Waals surface area contributed by atoms with Crippen molar-refractivity contribution >= 4 is 21.8 Å². The number of sulfone groups is 1. The number of carbonyl (C=O) groups is 2. The molecule has 0 aromatic rings. The Balaban J connectivity index is 1.85. The minimum Gasteiger partial charge on any atom is -0.481 e. The van der Waals surface area contributed by atoms with E-state index in [1.54, 1.807) is 11.9 Å². The SMILES string of the molecule is CN(C(=O)N1CCC(CCC(=O)O)C1)C1CCS(=O)(=O)C1. The number of hydrogen-bond acceptors (Lipinski definition) is 4. The normalized spacial score (nSPS) is 27.8. The van der Waals surface area contributed by atoms with Crippen LogP contribution in [0.15, 0.2) is 0 Å². The number of nitrogens with zero attached hydrogens (tertiary/aromatic N) is 2. The van der Waals surface area contributed by atoms with Crippen molar-refractivity contribution < 1.29 is 23.1 Å². The molecule has 120 valence electrons. The first-order valence-electron chi connectivity index (χ1n) is 7.22. The molecular formula is C13H22N2O5S. The Bertz CT molecular complexity index is 519. The molecule has 1 N–H and O–H groups in total. The van der Waals surface area contributed by atoms with Gasteiger partial charge in [0.05, 0.1) is 11.5 Å². The van der Waals surface area contributed by atoms with Crippen molar-refractivity contribution in [3.8, 4) is 0 Å². The number of amides is 2. The third-order valence-electron chi connectivity index (χ3n) is 4.38. The van der Waals surface area contributed by atoms with E-state index in [-0.39, 0.29) is 35.9 Å². The van der Waals surface area contributed by atoms with Crippen LogP contribution in [0.5, 0.6) is 0 Å². The van der Waals surface area contributed by atoms with Crippen LogP contribution in [0.1, 0.15) is 25.7 Å². The van der Waals surface area contributed by atoms with Gasteiger partial charge in [-0.2, -0.15) is 0 Å². The molecule has 0 bridgehead atoms. The lowest BCUT2D eigenvalue weighted by molar-refractivity contribution is -0.137. The molecule has 2 rings (SSSR count). The predicted molar refractivity (Wildman–Crippen MR) is 76.8 cm³/mol. The smallest absolute Gasteiger partial charge is 0.320 e. The van der Waals surface area contributed by atoms with Gasteiger partial charge < -0.3 is 14.9 Å². The molecule has 2 fully saturated rings. The van der Waals surface area contributed by atoms with Crippen molar-refractivity contribution in [2.24, 2.45) is 5.92 Å². The number of carboxylic acids is 1. The van der Waals surface area contributed by atoms with E-state index in [0.717, 1.165) is 6.42 Å². The van der Waals surface area contributed by atoms with Crippen LogP contribution in [-0.4, -0.2) is 73.0 Å². The van der Waals surface area contributed by atoms with Crippen LogP contribution in [0.2, 0.25) is 0 Å². The van der Waals surface area contributed by atoms with Crippen LogP contribution in [0.4, 0.5) is 4.79 Å². The standard InChI is InChI=1S/C13H22N2O5S/c1-14(11-5-7-21(19,20)9-11)13(18)15-6-4-10(8-15)2-3-12(16)17/h10-11H,2-9H2,1H3,(H,16,17). The molecule has 0 aromatic heterocycles. The zero-order valence-electron chi connectivity index (χ0n) is 12.2. The molecule has 8 heteroatoms. The highest BCUT2D eigenvalue weighted by molar-refractivity contribution is 7.91. The number of aliphatic carboxylic acids is 1. The van der Waals surface area contributed by atoms with Crippen molar-refractivity contribution in [2.75, 3.05) is 31.6 Å². The molecule has 21 heavy (non-hydrogen) atoms. The van der Waals surface area contributed by atoms with Gasteiger partial charge in [-0.05, 0) is 25.2 Å². The van der Waals surface area contributed by atoms with Crippen LogP contribution < -0.4 is 0 Å². The van der Waals surface area contributed by atoms with Crippen molar-refractivity contribution in [3.63, 3.8) is 0 Å². The van der Waals surface area contributed by atoms with Crippen molar-refractivity contribution in [1.82, 2.24) is 9.80 Å². The van der Waals surface area contributed by atoms with Gasteiger partial charge in [-0.3, -0.25) is 4.79 Å². The van der Waals surface area contributed by atoms with Crippen LogP contribution in [0.3, 0.4) is 0 Å². The van der Waals surface area contributed by atoms with Crippen LogP contribution in [0, 0.1) is 5.92 Å². The number of rotatable bonds is 4. The molecule has 0 saturated carbocycles. The van der Waals surface area contributed by atoms with Gasteiger partial charge >= 0.3 is 12.0 Å². The van der Waals surface area contributed by atoms with Crippen molar-refractivity contribution in [2.45, 2.75) is 31.7 Å². The summed E-state index contributed by atoms with van der Waals surface area (Å²) < 4.78 is 23.0. The number of carbonyl (C=O) groups excluding carboxylic acids is 1. The fourth-order valence-corrected chi connectivity index (χ4v) is 4.80. The number of carboxylic acid groups (broad SMARTS) is 1. The number of urea groups is 1. The summed E-state index contributed by atoms with van der Waals surface area (Å²) in [5, 5.41) is 8.68. The average molecular weight is 318 g/mol. The van der Waals surface area contributed by atoms with Gasteiger partial charge in [0.1, 0.15) is 0 Å². The fourth-order valence-electron chi connectivity index (χ4n) is 3.03. The molecule has 2 unspecified atom stereocenters. The van der Waals surface area contributed by atoms with E-state index in [2.05, 4.69) is 0 Å². The van der Waals surface area contributed by atoms with E-state index < -0.39 is 15.8 Å². The maximum atomic E-state index is 12.4.